The third-order valence-electron chi connectivity index (χ3n) is 2.63. The molecule has 4 nitrogen and oxygen atoms in total. The molecule has 16 heavy (non-hydrogen) atoms. The van der Waals surface area contributed by atoms with Gasteiger partial charge >= 0.3 is 0 Å². The van der Waals surface area contributed by atoms with Crippen molar-refractivity contribution >= 4 is 5.91 Å². The number of amides is 1. The molecule has 1 saturated heterocycles. The minimum atomic E-state index is -0.914. The van der Waals surface area contributed by atoms with Crippen LogP contribution in [0.5, 0.6) is 5.75 Å². The van der Waals surface area contributed by atoms with Crippen molar-refractivity contribution < 1.29 is 14.6 Å². The molecule has 0 spiro atoms. The van der Waals surface area contributed by atoms with Gasteiger partial charge in [0.15, 0.2) is 6.23 Å². The van der Waals surface area contributed by atoms with Gasteiger partial charge in [-0.25, -0.2) is 0 Å². The van der Waals surface area contributed by atoms with Crippen LogP contribution in [0.25, 0.3) is 0 Å². The fraction of sp³-hybridized carbons (Fsp3) is 0.417. The first-order valence-electron chi connectivity index (χ1n) is 5.36. The van der Waals surface area contributed by atoms with E-state index in [0.717, 1.165) is 5.56 Å². The summed E-state index contributed by atoms with van der Waals surface area (Å²) >= 11 is 0. The Labute approximate surface area is 94.2 Å². The van der Waals surface area contributed by atoms with E-state index in [1.165, 1.54) is 0 Å². The molecule has 2 N–H and O–H groups in total. The summed E-state index contributed by atoms with van der Waals surface area (Å²) in [6.07, 6.45) is -0.336. The Morgan fingerprint density at radius 3 is 2.69 bits per heavy atom. The first-order chi connectivity index (χ1) is 7.65. The Morgan fingerprint density at radius 1 is 1.38 bits per heavy atom. The fourth-order valence-corrected chi connectivity index (χ4v) is 1.68. The fourth-order valence-electron chi connectivity index (χ4n) is 1.68. The zero-order valence-electron chi connectivity index (χ0n) is 9.14. The van der Waals surface area contributed by atoms with Crippen molar-refractivity contribution in [2.24, 2.45) is 0 Å². The Hall–Kier alpha value is -1.55. The number of aryl methyl sites for hydroxylation is 1. The molecule has 1 aromatic rings. The van der Waals surface area contributed by atoms with Gasteiger partial charge in [-0.3, -0.25) is 4.79 Å². The molecule has 1 amide bonds. The number of ether oxygens (including phenoxy) is 1. The molecule has 0 aromatic heterocycles. The van der Waals surface area contributed by atoms with Crippen molar-refractivity contribution in [2.45, 2.75) is 32.1 Å². The van der Waals surface area contributed by atoms with Crippen LogP contribution in [0, 0.1) is 6.92 Å². The first kappa shape index (κ1) is 11.0. The minimum absolute atomic E-state index is 0.128. The van der Waals surface area contributed by atoms with Crippen LogP contribution in [0.15, 0.2) is 24.3 Å². The standard InChI is InChI=1S/C12H15NO3/c1-8-2-4-9(5-3-8)16-10-6-7-11(14)13-12(10)15/h2-5,10,12,15H,6-7H2,1H3,(H,13,14). The number of benzene rings is 1. The summed E-state index contributed by atoms with van der Waals surface area (Å²) in [6, 6.07) is 7.61. The molecular formula is C12H15NO3. The summed E-state index contributed by atoms with van der Waals surface area (Å²) in [5, 5.41) is 12.1. The Balaban J connectivity index is 1.99. The smallest absolute Gasteiger partial charge is 0.222 e. The van der Waals surface area contributed by atoms with E-state index >= 15 is 0 Å². The van der Waals surface area contributed by atoms with Crippen molar-refractivity contribution in [2.75, 3.05) is 0 Å². The highest BCUT2D eigenvalue weighted by Crippen LogP contribution is 2.18. The molecule has 2 unspecified atom stereocenters. The van der Waals surface area contributed by atoms with Gasteiger partial charge in [0.1, 0.15) is 11.9 Å². The second-order valence-electron chi connectivity index (χ2n) is 4.02. The second-order valence-corrected chi connectivity index (χ2v) is 4.02. The van der Waals surface area contributed by atoms with Gasteiger partial charge in [0, 0.05) is 6.42 Å². The summed E-state index contributed by atoms with van der Waals surface area (Å²) in [7, 11) is 0. The average molecular weight is 221 g/mol. The first-order valence-corrected chi connectivity index (χ1v) is 5.36. The number of piperidine rings is 1. The lowest BCUT2D eigenvalue weighted by Crippen LogP contribution is -2.50. The van der Waals surface area contributed by atoms with Crippen LogP contribution in [-0.4, -0.2) is 23.3 Å². The van der Waals surface area contributed by atoms with Crippen LogP contribution in [0.1, 0.15) is 18.4 Å². The number of carbonyl (C=O) groups excluding carboxylic acids is 1. The summed E-state index contributed by atoms with van der Waals surface area (Å²) < 4.78 is 5.61. The van der Waals surface area contributed by atoms with Crippen LogP contribution < -0.4 is 10.1 Å². The summed E-state index contributed by atoms with van der Waals surface area (Å²) in [5.74, 6) is 0.585. The van der Waals surface area contributed by atoms with Gasteiger partial charge < -0.3 is 15.2 Å². The van der Waals surface area contributed by atoms with Gasteiger partial charge in [-0.1, -0.05) is 17.7 Å². The molecule has 1 aliphatic heterocycles. The van der Waals surface area contributed by atoms with Gasteiger partial charge in [0.25, 0.3) is 0 Å². The highest BCUT2D eigenvalue weighted by atomic mass is 16.5. The van der Waals surface area contributed by atoms with Crippen LogP contribution in [0.4, 0.5) is 0 Å². The molecule has 0 saturated carbocycles. The third kappa shape index (κ3) is 2.52. The molecule has 1 aromatic carbocycles. The number of nitrogens with one attached hydrogen (secondary N) is 1. The monoisotopic (exact) mass is 221 g/mol. The predicted octanol–water partition coefficient (Wildman–Crippen LogP) is 0.971. The van der Waals surface area contributed by atoms with Gasteiger partial charge in [-0.2, -0.15) is 0 Å². The lowest BCUT2D eigenvalue weighted by atomic mass is 10.1. The Morgan fingerprint density at radius 2 is 2.06 bits per heavy atom. The van der Waals surface area contributed by atoms with E-state index in [4.69, 9.17) is 4.74 Å². The van der Waals surface area contributed by atoms with E-state index in [9.17, 15) is 9.90 Å². The third-order valence-corrected chi connectivity index (χ3v) is 2.63. The predicted molar refractivity (Wildman–Crippen MR) is 59.0 cm³/mol. The van der Waals surface area contributed by atoms with Gasteiger partial charge in [-0.15, -0.1) is 0 Å². The van der Waals surface area contributed by atoms with Crippen LogP contribution >= 0.6 is 0 Å². The molecule has 2 atom stereocenters. The number of rotatable bonds is 2. The molecule has 2 rings (SSSR count). The van der Waals surface area contributed by atoms with Gasteiger partial charge in [0.05, 0.1) is 0 Å². The molecule has 1 heterocycles. The summed E-state index contributed by atoms with van der Waals surface area (Å²) in [6.45, 7) is 2.00. The SMILES string of the molecule is Cc1ccc(OC2CCC(=O)NC2O)cc1. The summed E-state index contributed by atoms with van der Waals surface area (Å²) in [5.41, 5.74) is 1.16. The average Bonchev–Trinajstić information content (AvgIpc) is 2.25. The highest BCUT2D eigenvalue weighted by molar-refractivity contribution is 5.77. The molecule has 4 heteroatoms. The molecule has 0 aliphatic carbocycles. The molecule has 0 bridgehead atoms. The highest BCUT2D eigenvalue weighted by Gasteiger charge is 2.28. The maximum Gasteiger partial charge on any atom is 0.222 e. The molecule has 86 valence electrons. The van der Waals surface area contributed by atoms with Crippen LogP contribution in [-0.2, 0) is 4.79 Å². The van der Waals surface area contributed by atoms with E-state index < -0.39 is 6.23 Å². The number of aliphatic hydroxyl groups excluding tert-OH is 1. The molecule has 0 radical (unpaired) electrons. The molecular weight excluding hydrogens is 206 g/mol. The maximum atomic E-state index is 11.0. The maximum absolute atomic E-state index is 11.0. The number of hydrogen-bond acceptors (Lipinski definition) is 3. The number of hydrogen-bond donors (Lipinski definition) is 2. The number of aliphatic hydroxyl groups is 1. The van der Waals surface area contributed by atoms with E-state index in [2.05, 4.69) is 5.32 Å². The Bertz CT molecular complexity index is 374. The quantitative estimate of drug-likeness (QED) is 0.782. The normalized spacial score (nSPS) is 25.0. The lowest BCUT2D eigenvalue weighted by Gasteiger charge is -2.28. The van der Waals surface area contributed by atoms with E-state index in [1.807, 2.05) is 31.2 Å². The van der Waals surface area contributed by atoms with Gasteiger partial charge in [0.2, 0.25) is 5.91 Å². The van der Waals surface area contributed by atoms with Crippen LogP contribution in [0.3, 0.4) is 0 Å². The van der Waals surface area contributed by atoms with Crippen molar-refractivity contribution in [1.82, 2.24) is 5.32 Å². The number of carbonyl (C=O) groups is 1. The van der Waals surface area contributed by atoms with Crippen molar-refractivity contribution in [3.05, 3.63) is 29.8 Å². The lowest BCUT2D eigenvalue weighted by molar-refractivity contribution is -0.131. The Kier molecular flexibility index (Phi) is 3.10. The van der Waals surface area contributed by atoms with Crippen molar-refractivity contribution in [3.8, 4) is 5.75 Å². The van der Waals surface area contributed by atoms with Crippen molar-refractivity contribution in [1.29, 1.82) is 0 Å². The summed E-state index contributed by atoms with van der Waals surface area (Å²) in [4.78, 5) is 11.0. The second kappa shape index (κ2) is 4.53. The van der Waals surface area contributed by atoms with E-state index in [-0.39, 0.29) is 12.0 Å². The molecule has 1 fully saturated rings. The topological polar surface area (TPSA) is 58.6 Å². The minimum Gasteiger partial charge on any atom is -0.486 e. The van der Waals surface area contributed by atoms with E-state index in [1.54, 1.807) is 0 Å². The van der Waals surface area contributed by atoms with Gasteiger partial charge in [-0.05, 0) is 25.5 Å². The zero-order valence-corrected chi connectivity index (χ0v) is 9.14. The molecule has 1 aliphatic rings. The zero-order chi connectivity index (χ0) is 11.5. The van der Waals surface area contributed by atoms with E-state index in [0.29, 0.717) is 18.6 Å². The van der Waals surface area contributed by atoms with Crippen molar-refractivity contribution in [3.63, 3.8) is 0 Å². The van der Waals surface area contributed by atoms with Crippen LogP contribution in [0.2, 0.25) is 0 Å². The largest absolute Gasteiger partial charge is 0.486 e.